The zero-order chi connectivity index (χ0) is 55.1. The van der Waals surface area contributed by atoms with Crippen molar-refractivity contribution in [2.75, 3.05) is 14.7 Å². The molecule has 8 aromatic carbocycles. The summed E-state index contributed by atoms with van der Waals surface area (Å²) in [5.74, 6) is 0. The Morgan fingerprint density at radius 1 is 0.377 bits per heavy atom. The van der Waals surface area contributed by atoms with Gasteiger partial charge in [0.15, 0.2) is 5.58 Å². The van der Waals surface area contributed by atoms with Gasteiger partial charge in [-0.3, -0.25) is 0 Å². The maximum atomic E-state index is 7.54. The minimum absolute atomic E-state index is 0.00709. The molecule has 4 nitrogen and oxygen atoms in total. The predicted molar refractivity (Wildman–Crippen MR) is 335 cm³/mol. The second-order valence-corrected chi connectivity index (χ2v) is 28.5. The molecule has 3 heterocycles. The SMILES string of the molecule is CC(C)(C)c1ccc(N2c3ccc(C(C)(C)C)cc3B3c4cc(N(c5ccc(C(C)(C)C)cc5)c5ccc(C(C)(C)C)cc5)c5c(oc6ccccc65)c4N(c4ccc(C(C)(C)C)cc4)c4cc(C(C)(C)C)cc2c43)cc1. The van der Waals surface area contributed by atoms with E-state index in [0.29, 0.717) is 0 Å². The normalized spacial score (nSPS) is 14.0. The van der Waals surface area contributed by atoms with Crippen molar-refractivity contribution < 1.29 is 4.42 Å². The number of fused-ring (bicyclic) bond motifs is 8. The van der Waals surface area contributed by atoms with Gasteiger partial charge in [-0.05, 0) is 161 Å². The summed E-state index contributed by atoms with van der Waals surface area (Å²) < 4.78 is 7.54. The number of para-hydroxylation sites is 1. The van der Waals surface area contributed by atoms with Gasteiger partial charge in [0, 0.05) is 45.2 Å². The summed E-state index contributed by atoms with van der Waals surface area (Å²) in [7, 11) is 0. The quantitative estimate of drug-likeness (QED) is 0.160. The molecule has 0 radical (unpaired) electrons. The number of furan rings is 1. The number of rotatable bonds is 5. The fourth-order valence-electron chi connectivity index (χ4n) is 11.8. The molecule has 0 atom stereocenters. The van der Waals surface area contributed by atoms with Gasteiger partial charge in [0.05, 0.1) is 16.8 Å². The fourth-order valence-corrected chi connectivity index (χ4v) is 11.8. The maximum Gasteiger partial charge on any atom is 0.252 e. The number of hydrogen-bond donors (Lipinski definition) is 0. The third-order valence-corrected chi connectivity index (χ3v) is 16.6. The molecular formula is C72H80BN3O. The fraction of sp³-hybridized carbons (Fsp3) is 0.333. The third-order valence-electron chi connectivity index (χ3n) is 16.6. The molecule has 0 N–H and O–H groups in total. The molecule has 9 aromatic rings. The summed E-state index contributed by atoms with van der Waals surface area (Å²) in [5, 5.41) is 2.18. The summed E-state index contributed by atoms with van der Waals surface area (Å²) in [4.78, 5) is 7.65. The van der Waals surface area contributed by atoms with Crippen molar-refractivity contribution in [3.05, 3.63) is 191 Å². The first-order valence-electron chi connectivity index (χ1n) is 28.1. The first-order chi connectivity index (χ1) is 36.0. The second-order valence-electron chi connectivity index (χ2n) is 28.5. The maximum absolute atomic E-state index is 7.54. The van der Waals surface area contributed by atoms with E-state index in [0.717, 1.165) is 56.1 Å². The van der Waals surface area contributed by atoms with Crippen LogP contribution in [-0.4, -0.2) is 6.71 Å². The van der Waals surface area contributed by atoms with E-state index >= 15 is 0 Å². The molecule has 0 saturated heterocycles. The highest BCUT2D eigenvalue weighted by Crippen LogP contribution is 2.53. The van der Waals surface area contributed by atoms with Crippen LogP contribution in [0.2, 0.25) is 0 Å². The van der Waals surface area contributed by atoms with E-state index in [1.165, 1.54) is 66.8 Å². The Hall–Kier alpha value is -6.98. The molecule has 0 aliphatic carbocycles. The van der Waals surface area contributed by atoms with Crippen molar-refractivity contribution in [1.82, 2.24) is 0 Å². The van der Waals surface area contributed by atoms with E-state index in [1.54, 1.807) is 0 Å². The number of benzene rings is 8. The molecule has 0 unspecified atom stereocenters. The molecule has 77 heavy (non-hydrogen) atoms. The van der Waals surface area contributed by atoms with Gasteiger partial charge < -0.3 is 19.1 Å². The van der Waals surface area contributed by atoms with Gasteiger partial charge in [0.25, 0.3) is 6.71 Å². The number of anilines is 9. The van der Waals surface area contributed by atoms with Gasteiger partial charge in [-0.2, -0.15) is 0 Å². The third kappa shape index (κ3) is 9.06. The van der Waals surface area contributed by atoms with Gasteiger partial charge in [0.2, 0.25) is 0 Å². The van der Waals surface area contributed by atoms with E-state index < -0.39 is 0 Å². The van der Waals surface area contributed by atoms with Crippen molar-refractivity contribution in [2.24, 2.45) is 0 Å². The summed E-state index contributed by atoms with van der Waals surface area (Å²) in [6.45, 7) is 41.5. The van der Waals surface area contributed by atoms with Crippen molar-refractivity contribution in [3.8, 4) is 0 Å². The first-order valence-corrected chi connectivity index (χ1v) is 28.1. The Bertz CT molecular complexity index is 3670. The molecule has 1 aromatic heterocycles. The lowest BCUT2D eigenvalue weighted by atomic mass is 9.33. The molecule has 0 bridgehead atoms. The number of nitrogens with zero attached hydrogens (tertiary/aromatic N) is 3. The Morgan fingerprint density at radius 2 is 0.792 bits per heavy atom. The second kappa shape index (κ2) is 17.8. The minimum Gasteiger partial charge on any atom is -0.454 e. The Kier molecular flexibility index (Phi) is 12.0. The summed E-state index contributed by atoms with van der Waals surface area (Å²) in [6, 6.07) is 60.9. The lowest BCUT2D eigenvalue weighted by Gasteiger charge is -2.45. The predicted octanol–water partition coefficient (Wildman–Crippen LogP) is 18.9. The Labute approximate surface area is 461 Å². The van der Waals surface area contributed by atoms with E-state index in [-0.39, 0.29) is 39.2 Å². The van der Waals surface area contributed by atoms with Gasteiger partial charge >= 0.3 is 0 Å². The molecule has 11 rings (SSSR count). The average molecular weight is 1010 g/mol. The molecule has 5 heteroatoms. The Morgan fingerprint density at radius 3 is 1.26 bits per heavy atom. The molecule has 392 valence electrons. The highest BCUT2D eigenvalue weighted by molar-refractivity contribution is 7.00. The van der Waals surface area contributed by atoms with Gasteiger partial charge in [-0.15, -0.1) is 0 Å². The molecule has 0 spiro atoms. The van der Waals surface area contributed by atoms with E-state index in [9.17, 15) is 0 Å². The molecule has 0 fully saturated rings. The zero-order valence-electron chi connectivity index (χ0n) is 49.3. The van der Waals surface area contributed by atoms with Crippen LogP contribution in [0.15, 0.2) is 162 Å². The highest BCUT2D eigenvalue weighted by Gasteiger charge is 2.47. The van der Waals surface area contributed by atoms with Crippen LogP contribution >= 0.6 is 0 Å². The number of hydrogen-bond acceptors (Lipinski definition) is 4. The van der Waals surface area contributed by atoms with Crippen LogP contribution < -0.4 is 31.1 Å². The van der Waals surface area contributed by atoms with Crippen LogP contribution in [-0.2, 0) is 32.5 Å². The largest absolute Gasteiger partial charge is 0.454 e. The highest BCUT2D eigenvalue weighted by atomic mass is 16.3. The van der Waals surface area contributed by atoms with Crippen LogP contribution in [0, 0.1) is 0 Å². The zero-order valence-corrected chi connectivity index (χ0v) is 49.3. The van der Waals surface area contributed by atoms with Crippen molar-refractivity contribution in [1.29, 1.82) is 0 Å². The van der Waals surface area contributed by atoms with Crippen LogP contribution in [0.4, 0.5) is 51.2 Å². The van der Waals surface area contributed by atoms with Gasteiger partial charge in [-0.1, -0.05) is 203 Å². The minimum atomic E-state index is -0.175. The van der Waals surface area contributed by atoms with E-state index in [1.807, 2.05) is 0 Å². The summed E-state index contributed by atoms with van der Waals surface area (Å²) >= 11 is 0. The summed E-state index contributed by atoms with van der Waals surface area (Å²) in [5.41, 5.74) is 23.2. The van der Waals surface area contributed by atoms with Crippen LogP contribution in [0.1, 0.15) is 158 Å². The smallest absolute Gasteiger partial charge is 0.252 e. The molecular weight excluding hydrogens is 934 g/mol. The molecule has 2 aliphatic rings. The van der Waals surface area contributed by atoms with E-state index in [4.69, 9.17) is 4.42 Å². The van der Waals surface area contributed by atoms with Crippen LogP contribution in [0.5, 0.6) is 0 Å². The molecule has 0 amide bonds. The van der Waals surface area contributed by atoms with Crippen molar-refractivity contribution in [3.63, 3.8) is 0 Å². The monoisotopic (exact) mass is 1010 g/mol. The van der Waals surface area contributed by atoms with Crippen LogP contribution in [0.25, 0.3) is 21.9 Å². The van der Waals surface area contributed by atoms with Gasteiger partial charge in [-0.25, -0.2) is 0 Å². The molecule has 2 aliphatic heterocycles. The lowest BCUT2D eigenvalue weighted by molar-refractivity contribution is 0.589. The Balaban J connectivity index is 1.32. The van der Waals surface area contributed by atoms with Crippen molar-refractivity contribution >= 4 is 96.2 Å². The summed E-state index contributed by atoms with van der Waals surface area (Å²) in [6.07, 6.45) is 0. The van der Waals surface area contributed by atoms with Crippen LogP contribution in [0.3, 0.4) is 0 Å². The van der Waals surface area contributed by atoms with Gasteiger partial charge in [0.1, 0.15) is 5.58 Å². The van der Waals surface area contributed by atoms with E-state index in [2.05, 4.69) is 297 Å². The lowest BCUT2D eigenvalue weighted by Crippen LogP contribution is -2.61. The van der Waals surface area contributed by atoms with Crippen molar-refractivity contribution in [2.45, 2.75) is 157 Å². The standard InChI is InChI=1S/C72H80BN3O/c1-67(2,3)45-23-32-51(33-24-45)74(52-34-25-46(26-35-52)68(4,5)6)59-44-57-65(66-63(59)55-21-19-20-22-62(55)77-66)76(54-38-29-48(30-39-54)70(10,11)12)61-43-50(72(16,17)18)42-60-64(61)73(57)56-41-49(71(13,14)15)31-40-58(56)75(60)53-36-27-47(28-37-53)69(7,8)9/h19-44H,1-18H3. The molecule has 0 saturated carbocycles. The first kappa shape index (κ1) is 52.1. The average Bonchev–Trinajstić information content (AvgIpc) is 3.77. The topological polar surface area (TPSA) is 22.9 Å².